The zero-order valence-electron chi connectivity index (χ0n) is 9.90. The molecule has 0 atom stereocenters. The molecule has 0 nitrogen and oxygen atoms in total. The first-order valence-corrected chi connectivity index (χ1v) is 5.56. The van der Waals surface area contributed by atoms with Crippen molar-refractivity contribution in [1.82, 2.24) is 0 Å². The van der Waals surface area contributed by atoms with E-state index in [9.17, 15) is 0 Å². The number of hydrogen-bond donors (Lipinski definition) is 0. The summed E-state index contributed by atoms with van der Waals surface area (Å²) >= 11 is 0. The summed E-state index contributed by atoms with van der Waals surface area (Å²) in [4.78, 5) is 0. The van der Waals surface area contributed by atoms with E-state index in [1.54, 1.807) is 0 Å². The Morgan fingerprint density at radius 1 is 0.769 bits per heavy atom. The fourth-order valence-electron chi connectivity index (χ4n) is 1.44. The van der Waals surface area contributed by atoms with Crippen LogP contribution in [-0.4, -0.2) is 26.2 Å². The van der Waals surface area contributed by atoms with E-state index in [2.05, 4.69) is 27.7 Å². The van der Waals surface area contributed by atoms with Crippen molar-refractivity contribution in [3.05, 3.63) is 0 Å². The van der Waals surface area contributed by atoms with Gasteiger partial charge >= 0.3 is 0 Å². The van der Waals surface area contributed by atoms with Crippen LogP contribution in [0.25, 0.3) is 0 Å². The predicted octanol–water partition coefficient (Wildman–Crippen LogP) is 4.40. The van der Waals surface area contributed by atoms with Crippen molar-refractivity contribution in [3.63, 3.8) is 0 Å². The quantitative estimate of drug-likeness (QED) is 0.474. The van der Waals surface area contributed by atoms with E-state index in [-0.39, 0.29) is 26.2 Å². The van der Waals surface area contributed by atoms with Crippen molar-refractivity contribution in [2.75, 3.05) is 0 Å². The van der Waals surface area contributed by atoms with Crippen molar-refractivity contribution < 1.29 is 0 Å². The predicted molar refractivity (Wildman–Crippen MR) is 63.2 cm³/mol. The van der Waals surface area contributed by atoms with E-state index in [1.807, 2.05) is 0 Å². The van der Waals surface area contributed by atoms with Crippen LogP contribution >= 0.6 is 0 Å². The molecule has 13 heavy (non-hydrogen) atoms. The minimum atomic E-state index is 0. The first-order valence-electron chi connectivity index (χ1n) is 5.56. The molecule has 0 aliphatic carbocycles. The van der Waals surface area contributed by atoms with Gasteiger partial charge in [-0.05, 0) is 11.8 Å². The molecule has 1 heteroatoms. The summed E-state index contributed by atoms with van der Waals surface area (Å²) in [6, 6.07) is 0. The standard InChI is InChI=1S/C12H26.Bi/c1-5-6-7-8-9-10-11-12(2,3)4;/h5-11H2,1-4H3;. The second-order valence-electron chi connectivity index (χ2n) is 5.08. The van der Waals surface area contributed by atoms with Gasteiger partial charge in [0.05, 0.1) is 0 Å². The summed E-state index contributed by atoms with van der Waals surface area (Å²) in [5, 5.41) is 0. The Kier molecular flexibility index (Phi) is 11.8. The van der Waals surface area contributed by atoms with Gasteiger partial charge in [-0.2, -0.15) is 0 Å². The zero-order chi connectivity index (χ0) is 9.45. The van der Waals surface area contributed by atoms with Crippen LogP contribution < -0.4 is 0 Å². The normalized spacial score (nSPS) is 11.1. The maximum absolute atomic E-state index is 2.33. The zero-order valence-corrected chi connectivity index (χ0v) is 13.4. The average molecular weight is 379 g/mol. The van der Waals surface area contributed by atoms with Crippen molar-refractivity contribution in [2.45, 2.75) is 72.6 Å². The summed E-state index contributed by atoms with van der Waals surface area (Å²) in [5.41, 5.74) is 0.546. The minimum Gasteiger partial charge on any atom is -0.0654 e. The monoisotopic (exact) mass is 379 g/mol. The van der Waals surface area contributed by atoms with Crippen LogP contribution in [0, 0.1) is 5.41 Å². The molecule has 0 heterocycles. The summed E-state index contributed by atoms with van der Waals surface area (Å²) in [6.45, 7) is 9.27. The van der Waals surface area contributed by atoms with E-state index in [4.69, 9.17) is 0 Å². The molecular weight excluding hydrogens is 353 g/mol. The van der Waals surface area contributed by atoms with Gasteiger partial charge in [0.15, 0.2) is 0 Å². The Labute approximate surface area is 104 Å². The molecule has 0 amide bonds. The van der Waals surface area contributed by atoms with Gasteiger partial charge in [-0.1, -0.05) is 66.2 Å². The van der Waals surface area contributed by atoms with E-state index >= 15 is 0 Å². The molecule has 0 spiro atoms. The van der Waals surface area contributed by atoms with Crippen LogP contribution in [0.5, 0.6) is 0 Å². The molecule has 0 aromatic carbocycles. The Morgan fingerprint density at radius 3 is 1.69 bits per heavy atom. The van der Waals surface area contributed by atoms with Crippen molar-refractivity contribution in [2.24, 2.45) is 5.41 Å². The number of hydrogen-bond acceptors (Lipinski definition) is 0. The second-order valence-corrected chi connectivity index (χ2v) is 5.08. The summed E-state index contributed by atoms with van der Waals surface area (Å²) < 4.78 is 0. The van der Waals surface area contributed by atoms with Gasteiger partial charge in [0.25, 0.3) is 0 Å². The fourth-order valence-corrected chi connectivity index (χ4v) is 1.44. The Bertz CT molecular complexity index is 91.8. The SMILES string of the molecule is CCCCCCCCC(C)(C)C.[Bi]. The van der Waals surface area contributed by atoms with Gasteiger partial charge in [0.2, 0.25) is 0 Å². The van der Waals surface area contributed by atoms with E-state index in [1.165, 1.54) is 44.9 Å². The van der Waals surface area contributed by atoms with Crippen LogP contribution in [0.1, 0.15) is 72.6 Å². The Hall–Kier alpha value is 0.883. The van der Waals surface area contributed by atoms with Gasteiger partial charge < -0.3 is 0 Å². The van der Waals surface area contributed by atoms with E-state index in [0.29, 0.717) is 5.41 Å². The molecule has 0 aromatic heterocycles. The molecule has 0 N–H and O–H groups in total. The van der Waals surface area contributed by atoms with Gasteiger partial charge in [-0.15, -0.1) is 0 Å². The third-order valence-corrected chi connectivity index (χ3v) is 2.28. The van der Waals surface area contributed by atoms with Crippen LogP contribution in [0.3, 0.4) is 0 Å². The van der Waals surface area contributed by atoms with Crippen molar-refractivity contribution in [1.29, 1.82) is 0 Å². The van der Waals surface area contributed by atoms with Gasteiger partial charge in [0, 0.05) is 26.2 Å². The average Bonchev–Trinajstić information content (AvgIpc) is 1.94. The summed E-state index contributed by atoms with van der Waals surface area (Å²) in [5.74, 6) is 0. The first-order chi connectivity index (χ1) is 5.56. The fraction of sp³-hybridized carbons (Fsp3) is 1.00. The summed E-state index contributed by atoms with van der Waals surface area (Å²) in [7, 11) is 0. The molecule has 0 unspecified atom stereocenters. The third-order valence-electron chi connectivity index (χ3n) is 2.28. The van der Waals surface area contributed by atoms with Gasteiger partial charge in [0.1, 0.15) is 0 Å². The second kappa shape index (κ2) is 9.44. The molecule has 3 radical (unpaired) electrons. The summed E-state index contributed by atoms with van der Waals surface area (Å²) in [6.07, 6.45) is 9.93. The molecule has 0 aromatic rings. The molecule has 0 fully saturated rings. The largest absolute Gasteiger partial charge is 0.0654 e. The topological polar surface area (TPSA) is 0 Å². The first kappa shape index (κ1) is 16.3. The molecule has 0 bridgehead atoms. The third kappa shape index (κ3) is 15.6. The minimum absolute atomic E-state index is 0. The van der Waals surface area contributed by atoms with Crippen LogP contribution in [0.4, 0.5) is 0 Å². The van der Waals surface area contributed by atoms with Gasteiger partial charge in [-0.25, -0.2) is 0 Å². The molecule has 0 saturated carbocycles. The molecule has 0 aliphatic heterocycles. The van der Waals surface area contributed by atoms with Crippen LogP contribution in [0.15, 0.2) is 0 Å². The molecule has 79 valence electrons. The van der Waals surface area contributed by atoms with E-state index < -0.39 is 0 Å². The maximum Gasteiger partial charge on any atom is 0 e. The smallest absolute Gasteiger partial charge is 0 e. The van der Waals surface area contributed by atoms with Crippen molar-refractivity contribution in [3.8, 4) is 0 Å². The Morgan fingerprint density at radius 2 is 1.23 bits per heavy atom. The maximum atomic E-state index is 2.33. The van der Waals surface area contributed by atoms with Gasteiger partial charge in [-0.3, -0.25) is 0 Å². The molecule has 0 rings (SSSR count). The molecular formula is C12H26Bi. The number of rotatable bonds is 6. The molecule has 0 aliphatic rings. The van der Waals surface area contributed by atoms with E-state index in [0.717, 1.165) is 0 Å². The van der Waals surface area contributed by atoms with Crippen LogP contribution in [-0.2, 0) is 0 Å². The van der Waals surface area contributed by atoms with Crippen LogP contribution in [0.2, 0.25) is 0 Å². The van der Waals surface area contributed by atoms with Crippen molar-refractivity contribution >= 4 is 26.2 Å². The number of unbranched alkanes of at least 4 members (excludes halogenated alkanes) is 5. The Balaban J connectivity index is 0. The molecule has 0 saturated heterocycles.